The molecule has 13 heavy (non-hydrogen) atoms. The van der Waals surface area contributed by atoms with Gasteiger partial charge in [0.15, 0.2) is 6.29 Å². The van der Waals surface area contributed by atoms with Crippen LogP contribution in [-0.2, 0) is 0 Å². The van der Waals surface area contributed by atoms with Crippen molar-refractivity contribution >= 4 is 29.1 Å². The van der Waals surface area contributed by atoms with Gasteiger partial charge in [-0.2, -0.15) is 0 Å². The van der Waals surface area contributed by atoms with Gasteiger partial charge in [0.05, 0.1) is 17.4 Å². The van der Waals surface area contributed by atoms with Crippen LogP contribution in [0.2, 0.25) is 0 Å². The summed E-state index contributed by atoms with van der Waals surface area (Å²) in [6.07, 6.45) is 4.43. The number of rotatable bonds is 2. The van der Waals surface area contributed by atoms with Gasteiger partial charge >= 0.3 is 0 Å². The fourth-order valence-electron chi connectivity index (χ4n) is 1.29. The molecule has 1 aromatic heterocycles. The minimum absolute atomic E-state index is 0.633. The van der Waals surface area contributed by atoms with E-state index in [0.717, 1.165) is 22.2 Å². The standard InChI is InChI=1S/C9H8N2OS/c1-13-7-3-2-6(4-12)8-9(7)11-5-10-8/h2-5H,1H3,(H,10,11). The maximum atomic E-state index is 10.7. The Morgan fingerprint density at radius 1 is 1.54 bits per heavy atom. The van der Waals surface area contributed by atoms with Crippen LogP contribution < -0.4 is 0 Å². The molecule has 2 aromatic rings. The number of aromatic amines is 1. The first-order valence-electron chi connectivity index (χ1n) is 3.82. The Morgan fingerprint density at radius 3 is 3.08 bits per heavy atom. The zero-order chi connectivity index (χ0) is 9.26. The second kappa shape index (κ2) is 3.22. The molecule has 0 amide bonds. The summed E-state index contributed by atoms with van der Waals surface area (Å²) in [5.74, 6) is 0. The molecule has 66 valence electrons. The monoisotopic (exact) mass is 192 g/mol. The van der Waals surface area contributed by atoms with Gasteiger partial charge in [0.2, 0.25) is 0 Å². The van der Waals surface area contributed by atoms with Crippen LogP contribution in [0.1, 0.15) is 10.4 Å². The molecule has 4 heteroatoms. The van der Waals surface area contributed by atoms with Crippen molar-refractivity contribution in [1.82, 2.24) is 9.97 Å². The third kappa shape index (κ3) is 1.23. The van der Waals surface area contributed by atoms with Crippen LogP contribution in [0, 0.1) is 0 Å². The van der Waals surface area contributed by atoms with E-state index < -0.39 is 0 Å². The number of benzene rings is 1. The van der Waals surface area contributed by atoms with Gasteiger partial charge in [0.25, 0.3) is 0 Å². The highest BCUT2D eigenvalue weighted by atomic mass is 32.2. The fraction of sp³-hybridized carbons (Fsp3) is 0.111. The Balaban J connectivity index is 2.81. The molecule has 0 radical (unpaired) electrons. The molecule has 2 rings (SSSR count). The summed E-state index contributed by atoms with van der Waals surface area (Å²) in [6, 6.07) is 3.72. The van der Waals surface area contributed by atoms with Gasteiger partial charge in [-0.15, -0.1) is 11.8 Å². The second-order valence-corrected chi connectivity index (χ2v) is 3.45. The predicted octanol–water partition coefficient (Wildman–Crippen LogP) is 2.10. The van der Waals surface area contributed by atoms with E-state index >= 15 is 0 Å². The van der Waals surface area contributed by atoms with Gasteiger partial charge in [-0.25, -0.2) is 4.98 Å². The minimum Gasteiger partial charge on any atom is -0.344 e. The summed E-state index contributed by atoms with van der Waals surface area (Å²) in [5.41, 5.74) is 2.33. The van der Waals surface area contributed by atoms with Gasteiger partial charge < -0.3 is 4.98 Å². The van der Waals surface area contributed by atoms with Crippen molar-refractivity contribution in [1.29, 1.82) is 0 Å². The van der Waals surface area contributed by atoms with E-state index in [2.05, 4.69) is 9.97 Å². The topological polar surface area (TPSA) is 45.8 Å². The molecule has 0 aliphatic heterocycles. The van der Waals surface area contributed by atoms with Gasteiger partial charge in [-0.3, -0.25) is 4.79 Å². The maximum Gasteiger partial charge on any atom is 0.152 e. The molecular formula is C9H8N2OS. The number of hydrogen-bond donors (Lipinski definition) is 1. The van der Waals surface area contributed by atoms with Crippen LogP contribution in [0.25, 0.3) is 11.0 Å². The Hall–Kier alpha value is -1.29. The quantitative estimate of drug-likeness (QED) is 0.585. The first-order valence-corrected chi connectivity index (χ1v) is 5.04. The zero-order valence-electron chi connectivity index (χ0n) is 7.07. The number of thioether (sulfide) groups is 1. The van der Waals surface area contributed by atoms with Crippen molar-refractivity contribution < 1.29 is 4.79 Å². The Bertz CT molecular complexity index is 450. The first kappa shape index (κ1) is 8.31. The molecule has 0 aliphatic rings. The molecule has 0 bridgehead atoms. The molecule has 3 nitrogen and oxygen atoms in total. The summed E-state index contributed by atoms with van der Waals surface area (Å²) < 4.78 is 0. The number of H-pyrrole nitrogens is 1. The molecule has 0 unspecified atom stereocenters. The van der Waals surface area contributed by atoms with Gasteiger partial charge in [0, 0.05) is 10.5 Å². The number of carbonyl (C=O) groups is 1. The fourth-order valence-corrected chi connectivity index (χ4v) is 1.86. The molecule has 1 heterocycles. The van der Waals surface area contributed by atoms with E-state index in [1.807, 2.05) is 12.3 Å². The number of nitrogens with zero attached hydrogens (tertiary/aromatic N) is 1. The van der Waals surface area contributed by atoms with E-state index in [1.165, 1.54) is 0 Å². The summed E-state index contributed by atoms with van der Waals surface area (Å²) in [7, 11) is 0. The Labute approximate surface area is 79.6 Å². The maximum absolute atomic E-state index is 10.7. The molecule has 0 aliphatic carbocycles. The number of aromatic nitrogens is 2. The Kier molecular flexibility index (Phi) is 2.06. The van der Waals surface area contributed by atoms with Crippen LogP contribution in [-0.4, -0.2) is 22.5 Å². The number of aldehydes is 1. The average molecular weight is 192 g/mol. The summed E-state index contributed by atoms with van der Waals surface area (Å²) in [4.78, 5) is 18.9. The molecule has 1 N–H and O–H groups in total. The van der Waals surface area contributed by atoms with Crippen molar-refractivity contribution in [3.05, 3.63) is 24.0 Å². The molecule has 1 aromatic carbocycles. The van der Waals surface area contributed by atoms with Crippen LogP contribution in [0.15, 0.2) is 23.4 Å². The largest absolute Gasteiger partial charge is 0.344 e. The molecule has 0 atom stereocenters. The van der Waals surface area contributed by atoms with Crippen LogP contribution >= 0.6 is 11.8 Å². The van der Waals surface area contributed by atoms with E-state index in [0.29, 0.717) is 5.56 Å². The number of fused-ring (bicyclic) bond motifs is 1. The van der Waals surface area contributed by atoms with Crippen molar-refractivity contribution in [2.24, 2.45) is 0 Å². The summed E-state index contributed by atoms with van der Waals surface area (Å²) >= 11 is 1.63. The third-order valence-electron chi connectivity index (χ3n) is 1.92. The lowest BCUT2D eigenvalue weighted by Crippen LogP contribution is -1.84. The number of imidazole rings is 1. The van der Waals surface area contributed by atoms with Crippen LogP contribution in [0.5, 0.6) is 0 Å². The highest BCUT2D eigenvalue weighted by Crippen LogP contribution is 2.25. The summed E-state index contributed by atoms with van der Waals surface area (Å²) in [5, 5.41) is 0. The zero-order valence-corrected chi connectivity index (χ0v) is 7.89. The number of nitrogens with one attached hydrogen (secondary N) is 1. The van der Waals surface area contributed by atoms with Crippen LogP contribution in [0.4, 0.5) is 0 Å². The highest BCUT2D eigenvalue weighted by molar-refractivity contribution is 7.98. The SMILES string of the molecule is CSc1ccc(C=O)c2nc[nH]c12. The second-order valence-electron chi connectivity index (χ2n) is 2.60. The predicted molar refractivity (Wildman–Crippen MR) is 53.3 cm³/mol. The van der Waals surface area contributed by atoms with Crippen molar-refractivity contribution in [2.45, 2.75) is 4.90 Å². The van der Waals surface area contributed by atoms with E-state index in [1.54, 1.807) is 24.2 Å². The lowest BCUT2D eigenvalue weighted by Gasteiger charge is -1.98. The summed E-state index contributed by atoms with van der Waals surface area (Å²) in [6.45, 7) is 0. The molecular weight excluding hydrogens is 184 g/mol. The number of hydrogen-bond acceptors (Lipinski definition) is 3. The van der Waals surface area contributed by atoms with E-state index in [4.69, 9.17) is 0 Å². The third-order valence-corrected chi connectivity index (χ3v) is 2.70. The molecule has 0 fully saturated rings. The normalized spacial score (nSPS) is 10.5. The molecule has 0 saturated heterocycles. The molecule has 0 saturated carbocycles. The average Bonchev–Trinajstić information content (AvgIpc) is 2.64. The van der Waals surface area contributed by atoms with Gasteiger partial charge in [0.1, 0.15) is 0 Å². The first-order chi connectivity index (χ1) is 6.36. The van der Waals surface area contributed by atoms with Crippen molar-refractivity contribution in [2.75, 3.05) is 6.26 Å². The van der Waals surface area contributed by atoms with E-state index in [9.17, 15) is 4.79 Å². The van der Waals surface area contributed by atoms with Crippen molar-refractivity contribution in [3.8, 4) is 0 Å². The smallest absolute Gasteiger partial charge is 0.152 e. The highest BCUT2D eigenvalue weighted by Gasteiger charge is 2.06. The molecule has 0 spiro atoms. The lowest BCUT2D eigenvalue weighted by atomic mass is 10.2. The van der Waals surface area contributed by atoms with E-state index in [-0.39, 0.29) is 0 Å². The van der Waals surface area contributed by atoms with Gasteiger partial charge in [-0.1, -0.05) is 0 Å². The Morgan fingerprint density at radius 2 is 2.38 bits per heavy atom. The van der Waals surface area contributed by atoms with Crippen molar-refractivity contribution in [3.63, 3.8) is 0 Å². The number of carbonyl (C=O) groups excluding carboxylic acids is 1. The van der Waals surface area contributed by atoms with Gasteiger partial charge in [-0.05, 0) is 18.4 Å². The minimum atomic E-state index is 0.633. The lowest BCUT2D eigenvalue weighted by molar-refractivity contribution is 0.112. The van der Waals surface area contributed by atoms with Crippen LogP contribution in [0.3, 0.4) is 0 Å².